The number of nitrogens with zero attached hydrogens (tertiary/aromatic N) is 5. The molecule has 2 fully saturated rings. The van der Waals surface area contributed by atoms with Gasteiger partial charge in [-0.15, -0.1) is 10.2 Å². The number of amides is 1. The number of aromatic nitrogens is 2. The monoisotopic (exact) mass is 357 g/mol. The van der Waals surface area contributed by atoms with Crippen LogP contribution in [0.15, 0.2) is 29.0 Å². The first kappa shape index (κ1) is 16.3. The van der Waals surface area contributed by atoms with Gasteiger partial charge in [0.05, 0.1) is 5.56 Å². The molecule has 6 nitrogen and oxygen atoms in total. The van der Waals surface area contributed by atoms with Gasteiger partial charge in [-0.1, -0.05) is 0 Å². The van der Waals surface area contributed by atoms with E-state index in [2.05, 4.69) is 32.1 Å². The van der Waals surface area contributed by atoms with E-state index in [9.17, 15) is 4.79 Å². The number of carbonyl (C=O) groups is 1. The average molecular weight is 357 g/mol. The van der Waals surface area contributed by atoms with E-state index < -0.39 is 0 Å². The number of thiophene rings is 1. The molecule has 2 aliphatic heterocycles. The fourth-order valence-electron chi connectivity index (χ4n) is 3.49. The molecule has 1 amide bonds. The maximum atomic E-state index is 12.4. The Morgan fingerprint density at radius 1 is 0.840 bits per heavy atom. The summed E-state index contributed by atoms with van der Waals surface area (Å²) in [6.07, 6.45) is 3.80. The fraction of sp³-hybridized carbons (Fsp3) is 0.500. The molecule has 2 aliphatic rings. The van der Waals surface area contributed by atoms with Crippen molar-refractivity contribution in [2.75, 3.05) is 49.1 Å². The van der Waals surface area contributed by atoms with Crippen LogP contribution in [0.3, 0.4) is 0 Å². The Morgan fingerprint density at radius 2 is 1.48 bits per heavy atom. The molecule has 2 saturated heterocycles. The van der Waals surface area contributed by atoms with Crippen molar-refractivity contribution in [2.45, 2.75) is 19.3 Å². The van der Waals surface area contributed by atoms with Crippen LogP contribution in [0, 0.1) is 0 Å². The number of piperidine rings is 1. The molecule has 0 spiro atoms. The standard InChI is InChI=1S/C18H23N5OS/c24-18(15-6-13-25-14-15)23-11-9-22(10-12-23)17-5-4-16(19-20-17)21-7-2-1-3-8-21/h4-6,13-14H,1-3,7-12H2. The first-order valence-corrected chi connectivity index (χ1v) is 9.91. The SMILES string of the molecule is O=C(c1ccsc1)N1CCN(c2ccc(N3CCCCC3)nn2)CC1. The van der Waals surface area contributed by atoms with Crippen LogP contribution in [0.5, 0.6) is 0 Å². The maximum absolute atomic E-state index is 12.4. The lowest BCUT2D eigenvalue weighted by atomic mass is 10.1. The smallest absolute Gasteiger partial charge is 0.254 e. The third kappa shape index (κ3) is 3.61. The Bertz CT molecular complexity index is 689. The minimum atomic E-state index is 0.132. The topological polar surface area (TPSA) is 52.6 Å². The van der Waals surface area contributed by atoms with Gasteiger partial charge in [0.1, 0.15) is 0 Å². The van der Waals surface area contributed by atoms with Gasteiger partial charge in [-0.05, 0) is 42.8 Å². The average Bonchev–Trinajstić information content (AvgIpc) is 3.23. The van der Waals surface area contributed by atoms with Crippen LogP contribution < -0.4 is 9.80 Å². The lowest BCUT2D eigenvalue weighted by Crippen LogP contribution is -2.49. The van der Waals surface area contributed by atoms with Gasteiger partial charge in [0.15, 0.2) is 11.6 Å². The lowest BCUT2D eigenvalue weighted by molar-refractivity contribution is 0.0747. The first-order valence-electron chi connectivity index (χ1n) is 8.96. The number of hydrogen-bond donors (Lipinski definition) is 0. The highest BCUT2D eigenvalue weighted by molar-refractivity contribution is 7.08. The van der Waals surface area contributed by atoms with E-state index in [0.29, 0.717) is 0 Å². The zero-order valence-corrected chi connectivity index (χ0v) is 15.1. The number of hydrogen-bond acceptors (Lipinski definition) is 6. The summed E-state index contributed by atoms with van der Waals surface area (Å²) in [5.74, 6) is 2.02. The van der Waals surface area contributed by atoms with Crippen molar-refractivity contribution in [2.24, 2.45) is 0 Å². The molecule has 4 heterocycles. The van der Waals surface area contributed by atoms with Gasteiger partial charge in [-0.2, -0.15) is 11.3 Å². The molecule has 4 rings (SSSR count). The van der Waals surface area contributed by atoms with Gasteiger partial charge in [0.25, 0.3) is 5.91 Å². The molecular formula is C18H23N5OS. The summed E-state index contributed by atoms with van der Waals surface area (Å²) in [6.45, 7) is 5.21. The van der Waals surface area contributed by atoms with Gasteiger partial charge >= 0.3 is 0 Å². The Morgan fingerprint density at radius 3 is 2.04 bits per heavy atom. The maximum Gasteiger partial charge on any atom is 0.254 e. The van der Waals surface area contributed by atoms with E-state index in [1.165, 1.54) is 19.3 Å². The van der Waals surface area contributed by atoms with Crippen LogP contribution in [0.25, 0.3) is 0 Å². The second kappa shape index (κ2) is 7.39. The van der Waals surface area contributed by atoms with Crippen molar-refractivity contribution in [3.8, 4) is 0 Å². The summed E-state index contributed by atoms with van der Waals surface area (Å²) in [6, 6.07) is 6.04. The first-order chi connectivity index (χ1) is 12.3. The van der Waals surface area contributed by atoms with Crippen LogP contribution in [0.1, 0.15) is 29.6 Å². The van der Waals surface area contributed by atoms with Crippen molar-refractivity contribution in [3.63, 3.8) is 0 Å². The van der Waals surface area contributed by atoms with Crippen molar-refractivity contribution in [1.82, 2.24) is 15.1 Å². The number of piperazine rings is 1. The van der Waals surface area contributed by atoms with Crippen LogP contribution in [0.4, 0.5) is 11.6 Å². The van der Waals surface area contributed by atoms with Crippen LogP contribution in [-0.4, -0.2) is 60.3 Å². The third-order valence-corrected chi connectivity index (χ3v) is 5.66. The second-order valence-electron chi connectivity index (χ2n) is 6.59. The molecule has 7 heteroatoms. The molecule has 2 aromatic heterocycles. The van der Waals surface area contributed by atoms with Gasteiger partial charge in [-0.3, -0.25) is 4.79 Å². The van der Waals surface area contributed by atoms with E-state index in [-0.39, 0.29) is 5.91 Å². The summed E-state index contributed by atoms with van der Waals surface area (Å²) in [7, 11) is 0. The summed E-state index contributed by atoms with van der Waals surface area (Å²) in [4.78, 5) is 18.9. The van der Waals surface area contributed by atoms with Gasteiger partial charge in [0.2, 0.25) is 0 Å². The molecule has 0 radical (unpaired) electrons. The van der Waals surface area contributed by atoms with E-state index in [1.54, 1.807) is 11.3 Å². The Hall–Kier alpha value is -2.15. The Labute approximate surface area is 152 Å². The normalized spacial score (nSPS) is 18.5. The van der Waals surface area contributed by atoms with Crippen LogP contribution in [-0.2, 0) is 0 Å². The molecule has 0 aliphatic carbocycles. The number of carbonyl (C=O) groups excluding carboxylic acids is 1. The van der Waals surface area contributed by atoms with Crippen molar-refractivity contribution in [1.29, 1.82) is 0 Å². The quantitative estimate of drug-likeness (QED) is 0.845. The molecule has 0 saturated carbocycles. The fourth-order valence-corrected chi connectivity index (χ4v) is 4.12. The predicted octanol–water partition coefficient (Wildman–Crippen LogP) is 2.49. The lowest BCUT2D eigenvalue weighted by Gasteiger charge is -2.35. The summed E-state index contributed by atoms with van der Waals surface area (Å²) >= 11 is 1.56. The largest absolute Gasteiger partial charge is 0.355 e. The van der Waals surface area contributed by atoms with Crippen LogP contribution >= 0.6 is 11.3 Å². The summed E-state index contributed by atoms with van der Waals surface area (Å²) in [5, 5.41) is 12.7. The molecule has 2 aromatic rings. The predicted molar refractivity (Wildman–Crippen MR) is 101 cm³/mol. The number of rotatable bonds is 3. The molecule has 0 unspecified atom stereocenters. The van der Waals surface area contributed by atoms with Crippen molar-refractivity contribution in [3.05, 3.63) is 34.5 Å². The molecule has 0 bridgehead atoms. The highest BCUT2D eigenvalue weighted by Gasteiger charge is 2.23. The van der Waals surface area contributed by atoms with Gasteiger partial charge in [-0.25, -0.2) is 0 Å². The van der Waals surface area contributed by atoms with E-state index in [1.807, 2.05) is 21.7 Å². The zero-order valence-electron chi connectivity index (χ0n) is 14.3. The molecule has 0 atom stereocenters. The van der Waals surface area contributed by atoms with Crippen molar-refractivity contribution >= 4 is 28.9 Å². The highest BCUT2D eigenvalue weighted by atomic mass is 32.1. The second-order valence-corrected chi connectivity index (χ2v) is 7.37. The van der Waals surface area contributed by atoms with Crippen LogP contribution in [0.2, 0.25) is 0 Å². The third-order valence-electron chi connectivity index (χ3n) is 4.98. The van der Waals surface area contributed by atoms with E-state index in [4.69, 9.17) is 0 Å². The number of anilines is 2. The minimum Gasteiger partial charge on any atom is -0.355 e. The molecule has 0 aromatic carbocycles. The van der Waals surface area contributed by atoms with E-state index >= 15 is 0 Å². The Kier molecular flexibility index (Phi) is 4.83. The molecule has 0 N–H and O–H groups in total. The summed E-state index contributed by atoms with van der Waals surface area (Å²) in [5.41, 5.74) is 0.795. The Balaban J connectivity index is 1.35. The molecular weight excluding hydrogens is 334 g/mol. The van der Waals surface area contributed by atoms with E-state index in [0.717, 1.165) is 56.5 Å². The minimum absolute atomic E-state index is 0.132. The van der Waals surface area contributed by atoms with Gasteiger partial charge < -0.3 is 14.7 Å². The van der Waals surface area contributed by atoms with Gasteiger partial charge in [0, 0.05) is 44.6 Å². The van der Waals surface area contributed by atoms with Crippen molar-refractivity contribution < 1.29 is 4.79 Å². The highest BCUT2D eigenvalue weighted by Crippen LogP contribution is 2.20. The zero-order chi connectivity index (χ0) is 17.1. The summed E-state index contributed by atoms with van der Waals surface area (Å²) < 4.78 is 0. The molecule has 25 heavy (non-hydrogen) atoms. The molecule has 132 valence electrons.